The maximum absolute atomic E-state index is 14.5. The zero-order valence-corrected chi connectivity index (χ0v) is 52.8. The molecule has 0 spiro atoms. The second kappa shape index (κ2) is 27.8. The van der Waals surface area contributed by atoms with Gasteiger partial charge in [-0.15, -0.1) is 0 Å². The predicted octanol–water partition coefficient (Wildman–Crippen LogP) is -0.298. The highest BCUT2D eigenvalue weighted by atomic mass is 127. The molecule has 408 valence electrons. The Labute approximate surface area is 501 Å². The van der Waals surface area contributed by atoms with Crippen LogP contribution < -0.4 is 31.1 Å². The van der Waals surface area contributed by atoms with E-state index in [1.807, 2.05) is 45.2 Å². The third-order valence-corrected chi connectivity index (χ3v) is 17.9. The van der Waals surface area contributed by atoms with E-state index in [1.54, 1.807) is 118 Å². The van der Waals surface area contributed by atoms with E-state index in [1.165, 1.54) is 14.1 Å². The average molecular weight is 1710 g/mol. The summed E-state index contributed by atoms with van der Waals surface area (Å²) in [5.41, 5.74) is -0.715. The van der Waals surface area contributed by atoms with Crippen molar-refractivity contribution in [1.29, 1.82) is 0 Å². The number of nitrogens with one attached hydrogen (secondary N) is 4. The van der Waals surface area contributed by atoms with Gasteiger partial charge in [-0.2, -0.15) is 0 Å². The van der Waals surface area contributed by atoms with Crippen LogP contribution in [-0.4, -0.2) is 203 Å². The number of amides is 6. The van der Waals surface area contributed by atoms with Gasteiger partial charge in [0.1, 0.15) is 6.42 Å². The van der Waals surface area contributed by atoms with Gasteiger partial charge in [-0.05, 0) is 163 Å². The van der Waals surface area contributed by atoms with Crippen LogP contribution in [0.3, 0.4) is 0 Å². The van der Waals surface area contributed by atoms with E-state index in [9.17, 15) is 69.6 Å². The van der Waals surface area contributed by atoms with Gasteiger partial charge in [0, 0.05) is 21.2 Å². The van der Waals surface area contributed by atoms with E-state index >= 15 is 0 Å². The highest BCUT2D eigenvalue weighted by Gasteiger charge is 2.39. The summed E-state index contributed by atoms with van der Waals surface area (Å²) >= 11 is 10.7. The summed E-state index contributed by atoms with van der Waals surface area (Å²) in [6, 6.07) is -4.77. The van der Waals surface area contributed by atoms with Crippen LogP contribution in [0.2, 0.25) is 0 Å². The summed E-state index contributed by atoms with van der Waals surface area (Å²) in [7, 11) is 2.58. The van der Waals surface area contributed by atoms with Crippen LogP contribution in [-0.2, 0) is 28.5 Å². The van der Waals surface area contributed by atoms with E-state index < -0.39 is 128 Å². The summed E-state index contributed by atoms with van der Waals surface area (Å²) in [5.74, 6) is -7.42. The Morgan fingerprint density at radius 3 is 1.10 bits per heavy atom. The minimum absolute atomic E-state index is 0.0268. The van der Waals surface area contributed by atoms with E-state index in [0.29, 0.717) is 0 Å². The molecule has 8 unspecified atom stereocenters. The fourth-order valence-corrected chi connectivity index (χ4v) is 16.8. The Bertz CT molecular complexity index is 2260. The maximum atomic E-state index is 14.5. The van der Waals surface area contributed by atoms with Crippen molar-refractivity contribution in [2.24, 2.45) is 0 Å². The van der Waals surface area contributed by atoms with Crippen molar-refractivity contribution < 1.29 is 88.6 Å². The SMILES string of the molecule is CN(C(=O)CC(=O)N(C)c1c(I)c(C(=O)NC(CO)C(O)CO)c(I)c(C(=O)NC2COC(C)(C)OCC2O)c1I)c1c(I)c(C(=O)NC(CO)C(O)CO)c(I)c(C(=O)NC2COC(C)(C)OCC2O)c1I. The topological polar surface area (TPSA) is 356 Å². The van der Waals surface area contributed by atoms with Crippen molar-refractivity contribution in [1.82, 2.24) is 21.3 Å². The number of ether oxygens (including phenoxy) is 4. The number of carbonyl (C=O) groups excluding carboxylic acids is 6. The number of nitrogens with zero attached hydrogens (tertiary/aromatic N) is 2. The number of halogens is 6. The molecule has 6 amide bonds. The Hall–Kier alpha value is -0.840. The van der Waals surface area contributed by atoms with Crippen molar-refractivity contribution >= 4 is 182 Å². The van der Waals surface area contributed by atoms with Crippen LogP contribution in [0.1, 0.15) is 75.5 Å². The Morgan fingerprint density at radius 2 is 0.808 bits per heavy atom. The van der Waals surface area contributed by atoms with Crippen LogP contribution >= 0.6 is 136 Å². The predicted molar refractivity (Wildman–Crippen MR) is 310 cm³/mol. The second-order valence-electron chi connectivity index (χ2n) is 17.5. The van der Waals surface area contributed by atoms with Crippen LogP contribution in [0, 0.1) is 21.4 Å². The molecular formula is C43H56I6N6O18. The summed E-state index contributed by atoms with van der Waals surface area (Å²) in [4.78, 5) is 87.9. The maximum Gasteiger partial charge on any atom is 0.253 e. The lowest BCUT2D eigenvalue weighted by Gasteiger charge is -2.29. The summed E-state index contributed by atoms with van der Waals surface area (Å²) < 4.78 is 23.2. The minimum atomic E-state index is -1.59. The van der Waals surface area contributed by atoms with Crippen LogP contribution in [0.25, 0.3) is 0 Å². The van der Waals surface area contributed by atoms with Crippen molar-refractivity contribution in [3.05, 3.63) is 43.7 Å². The molecule has 4 rings (SSSR count). The molecule has 2 aliphatic heterocycles. The van der Waals surface area contributed by atoms with Gasteiger partial charge in [0.2, 0.25) is 11.8 Å². The normalized spacial score (nSPS) is 21.3. The standard InChI is InChI=1S/C43H56I6N6O18/c1-42(2)70-12-18(22(62)14-72-42)52-40(68)28-30(44)26(38(66)50-16(8-56)20(60)10-58)32(46)36(34(28)48)54(5)24(64)7-25(65)55(6)37-33(47)27(39(67)51-17(9-57)21(61)11-59)31(45)29(35(37)49)41(69)53-19-13-71-43(3,4)73-15-23(19)63/h16-23,56-63H,7-15H2,1-6H3,(H,50,66)(H,51,67)(H,52,68)(H,53,69). The zero-order chi connectivity index (χ0) is 55.2. The molecule has 8 atom stereocenters. The average Bonchev–Trinajstić information content (AvgIpc) is 3.53. The van der Waals surface area contributed by atoms with E-state index in [4.69, 9.17) is 18.9 Å². The first-order valence-corrected chi connectivity index (χ1v) is 28.4. The molecule has 73 heavy (non-hydrogen) atoms. The van der Waals surface area contributed by atoms with Gasteiger partial charge in [0.15, 0.2) is 11.6 Å². The molecule has 2 fully saturated rings. The number of hydrogen-bond donors (Lipinski definition) is 12. The first kappa shape index (κ1) is 64.7. The number of aliphatic hydroxyl groups is 8. The molecule has 0 radical (unpaired) electrons. The summed E-state index contributed by atoms with van der Waals surface area (Å²) in [6.45, 7) is 2.51. The molecule has 2 aromatic carbocycles. The third-order valence-electron chi connectivity index (χ3n) is 11.5. The van der Waals surface area contributed by atoms with Gasteiger partial charge in [-0.25, -0.2) is 0 Å². The molecule has 2 aliphatic rings. The molecule has 2 heterocycles. The molecule has 0 bridgehead atoms. The molecule has 12 N–H and O–H groups in total. The van der Waals surface area contributed by atoms with Gasteiger partial charge >= 0.3 is 0 Å². The minimum Gasteiger partial charge on any atom is -0.394 e. The van der Waals surface area contributed by atoms with Crippen molar-refractivity contribution in [2.75, 3.05) is 76.8 Å². The number of hydrogen-bond acceptors (Lipinski definition) is 18. The lowest BCUT2D eigenvalue weighted by atomic mass is 10.0. The molecule has 0 aliphatic carbocycles. The van der Waals surface area contributed by atoms with Crippen LogP contribution in [0.15, 0.2) is 0 Å². The lowest BCUT2D eigenvalue weighted by Crippen LogP contribution is -2.48. The second-order valence-corrected chi connectivity index (χ2v) is 24.0. The van der Waals surface area contributed by atoms with Crippen molar-refractivity contribution in [2.45, 2.75) is 94.3 Å². The van der Waals surface area contributed by atoms with Gasteiger partial charge in [-0.3, -0.25) is 28.8 Å². The molecule has 2 aromatic rings. The monoisotopic (exact) mass is 1710 g/mol. The third kappa shape index (κ3) is 15.7. The summed E-state index contributed by atoms with van der Waals surface area (Å²) in [5, 5.41) is 92.0. The lowest BCUT2D eigenvalue weighted by molar-refractivity contribution is -0.204. The molecule has 0 aromatic heterocycles. The highest BCUT2D eigenvalue weighted by molar-refractivity contribution is 14.1. The number of anilines is 2. The fourth-order valence-electron chi connectivity index (χ4n) is 7.01. The summed E-state index contributed by atoms with van der Waals surface area (Å²) in [6.07, 6.45) is -6.55. The van der Waals surface area contributed by atoms with Gasteiger partial charge in [0.05, 0.1) is 149 Å². The Balaban J connectivity index is 1.83. The Morgan fingerprint density at radius 1 is 0.521 bits per heavy atom. The van der Waals surface area contributed by atoms with E-state index in [2.05, 4.69) is 21.3 Å². The van der Waals surface area contributed by atoms with E-state index in [0.717, 1.165) is 9.80 Å². The molecule has 0 saturated carbocycles. The highest BCUT2D eigenvalue weighted by Crippen LogP contribution is 2.40. The Kier molecular flexibility index (Phi) is 24.7. The van der Waals surface area contributed by atoms with Gasteiger partial charge in [0.25, 0.3) is 23.6 Å². The van der Waals surface area contributed by atoms with Crippen molar-refractivity contribution in [3.63, 3.8) is 0 Å². The quantitative estimate of drug-likeness (QED) is 0.0674. The van der Waals surface area contributed by atoms with E-state index in [-0.39, 0.29) is 81.5 Å². The number of benzene rings is 2. The molecular weight excluding hydrogens is 1650 g/mol. The van der Waals surface area contributed by atoms with Gasteiger partial charge in [-0.1, -0.05) is 0 Å². The molecule has 2 saturated heterocycles. The number of rotatable bonds is 18. The van der Waals surface area contributed by atoms with Crippen LogP contribution in [0.5, 0.6) is 0 Å². The number of carbonyl (C=O) groups is 6. The largest absolute Gasteiger partial charge is 0.394 e. The smallest absolute Gasteiger partial charge is 0.253 e. The first-order valence-electron chi connectivity index (χ1n) is 21.9. The van der Waals surface area contributed by atoms with Crippen LogP contribution in [0.4, 0.5) is 11.4 Å². The van der Waals surface area contributed by atoms with Gasteiger partial charge < -0.3 is 90.9 Å². The first-order chi connectivity index (χ1) is 34.0. The fraction of sp³-hybridized carbons (Fsp3) is 0.581. The zero-order valence-electron chi connectivity index (χ0n) is 39.8. The molecule has 24 nitrogen and oxygen atoms in total. The number of aliphatic hydroxyl groups excluding tert-OH is 8. The van der Waals surface area contributed by atoms with Crippen molar-refractivity contribution in [3.8, 4) is 0 Å². The molecule has 30 heteroatoms.